The van der Waals surface area contributed by atoms with E-state index in [0.717, 1.165) is 25.7 Å². The number of aromatic nitrogens is 4. The van der Waals surface area contributed by atoms with Crippen molar-refractivity contribution in [2.45, 2.75) is 89.6 Å². The van der Waals surface area contributed by atoms with Gasteiger partial charge in [-0.2, -0.15) is 14.4 Å². The maximum absolute atomic E-state index is 13.9. The predicted octanol–water partition coefficient (Wildman–Crippen LogP) is 3.45. The Morgan fingerprint density at radius 1 is 1.23 bits per heavy atom. The van der Waals surface area contributed by atoms with Crippen LogP contribution >= 0.6 is 0 Å². The number of halogens is 1. The number of carbonyl (C=O) groups is 2. The smallest absolute Gasteiger partial charge is 0.312 e. The average molecular weight is 490 g/mol. The van der Waals surface area contributed by atoms with E-state index in [1.165, 1.54) is 10.9 Å². The average Bonchev–Trinajstić information content (AvgIpc) is 3.41. The number of esters is 2. The summed E-state index contributed by atoms with van der Waals surface area (Å²) < 4.78 is 32.6. The van der Waals surface area contributed by atoms with E-state index in [9.17, 15) is 14.0 Å². The second-order valence-electron chi connectivity index (χ2n) is 8.60. The summed E-state index contributed by atoms with van der Waals surface area (Å²) in [6.45, 7) is 3.75. The van der Waals surface area contributed by atoms with Gasteiger partial charge in [0.25, 0.3) is 0 Å². The maximum Gasteiger partial charge on any atom is 0.312 e. The van der Waals surface area contributed by atoms with Crippen LogP contribution in [0.2, 0.25) is 0 Å². The number of hydrogen-bond donors (Lipinski definition) is 1. The molecule has 0 amide bonds. The molecule has 1 aliphatic rings. The zero-order chi connectivity index (χ0) is 25.4. The summed E-state index contributed by atoms with van der Waals surface area (Å²) in [5.41, 5.74) is 4.54. The molecule has 2 N–H and O–H groups in total. The quantitative estimate of drug-likeness (QED) is 0.206. The van der Waals surface area contributed by atoms with E-state index in [0.29, 0.717) is 12.8 Å². The van der Waals surface area contributed by atoms with Crippen molar-refractivity contribution in [2.75, 3.05) is 12.3 Å². The summed E-state index contributed by atoms with van der Waals surface area (Å²) in [7, 11) is 0. The molecule has 0 bridgehead atoms. The van der Waals surface area contributed by atoms with E-state index < -0.39 is 35.9 Å². The first kappa shape index (κ1) is 26.3. The lowest BCUT2D eigenvalue weighted by Crippen LogP contribution is -2.45. The number of rotatable bonds is 12. The number of carbonyl (C=O) groups excluding carboxylic acids is 2. The van der Waals surface area contributed by atoms with Crippen molar-refractivity contribution in [1.29, 1.82) is 0 Å². The minimum Gasteiger partial charge on any atom is -0.461 e. The number of hydrogen-bond acceptors (Lipinski definition) is 9. The van der Waals surface area contributed by atoms with E-state index in [1.807, 2.05) is 6.92 Å². The first-order chi connectivity index (χ1) is 16.8. The van der Waals surface area contributed by atoms with Gasteiger partial charge in [-0.1, -0.05) is 45.5 Å². The Bertz CT molecular complexity index is 1080. The Balaban J connectivity index is 1.83. The van der Waals surface area contributed by atoms with Crippen LogP contribution in [-0.2, 0) is 23.8 Å². The van der Waals surface area contributed by atoms with Crippen LogP contribution in [-0.4, -0.2) is 49.8 Å². The highest BCUT2D eigenvalue weighted by Gasteiger charge is 2.52. The van der Waals surface area contributed by atoms with Gasteiger partial charge in [0.1, 0.15) is 18.9 Å². The highest BCUT2D eigenvalue weighted by Crippen LogP contribution is 2.40. The zero-order valence-corrected chi connectivity index (χ0v) is 20.2. The molecule has 1 fully saturated rings. The molecular formula is C24H32FN5O5. The topological polar surface area (TPSA) is 131 Å². The molecule has 3 heterocycles. The molecule has 190 valence electrons. The van der Waals surface area contributed by atoms with Crippen LogP contribution in [0.3, 0.4) is 0 Å². The number of anilines is 1. The molecule has 1 saturated heterocycles. The summed E-state index contributed by atoms with van der Waals surface area (Å²) in [6.07, 6.45) is 10.3. The lowest BCUT2D eigenvalue weighted by atomic mass is 9.98. The van der Waals surface area contributed by atoms with Gasteiger partial charge in [0, 0.05) is 19.3 Å². The maximum atomic E-state index is 13.9. The van der Waals surface area contributed by atoms with Crippen molar-refractivity contribution in [2.24, 2.45) is 0 Å². The van der Waals surface area contributed by atoms with Gasteiger partial charge in [-0.05, 0) is 12.8 Å². The fourth-order valence-corrected chi connectivity index (χ4v) is 3.97. The Labute approximate surface area is 203 Å². The Morgan fingerprint density at radius 3 is 2.69 bits per heavy atom. The molecule has 0 unspecified atom stereocenters. The molecule has 1 aliphatic heterocycles. The van der Waals surface area contributed by atoms with Crippen molar-refractivity contribution in [1.82, 2.24) is 19.5 Å². The molecule has 0 aromatic carbocycles. The minimum absolute atomic E-state index is 0.109. The Morgan fingerprint density at radius 2 is 1.97 bits per heavy atom. The van der Waals surface area contributed by atoms with Gasteiger partial charge < -0.3 is 19.9 Å². The highest BCUT2D eigenvalue weighted by atomic mass is 19.1. The lowest BCUT2D eigenvalue weighted by Gasteiger charge is -2.28. The molecular weight excluding hydrogens is 457 g/mol. The lowest BCUT2D eigenvalue weighted by molar-refractivity contribution is -0.166. The van der Waals surface area contributed by atoms with Crippen molar-refractivity contribution in [3.05, 3.63) is 12.4 Å². The molecule has 10 nitrogen and oxygen atoms in total. The van der Waals surface area contributed by atoms with Crippen molar-refractivity contribution < 1.29 is 28.2 Å². The van der Waals surface area contributed by atoms with Crippen molar-refractivity contribution in [3.63, 3.8) is 0 Å². The summed E-state index contributed by atoms with van der Waals surface area (Å²) in [6, 6.07) is 0. The van der Waals surface area contributed by atoms with E-state index in [4.69, 9.17) is 26.4 Å². The molecule has 0 spiro atoms. The second-order valence-corrected chi connectivity index (χ2v) is 8.60. The number of ether oxygens (including phenoxy) is 3. The molecule has 3 atom stereocenters. The third kappa shape index (κ3) is 6.25. The van der Waals surface area contributed by atoms with Crippen molar-refractivity contribution >= 4 is 28.9 Å². The molecule has 0 aliphatic carbocycles. The summed E-state index contributed by atoms with van der Waals surface area (Å²) in [4.78, 5) is 36.2. The fourth-order valence-electron chi connectivity index (χ4n) is 3.97. The van der Waals surface area contributed by atoms with Gasteiger partial charge in [0.05, 0.1) is 6.33 Å². The van der Waals surface area contributed by atoms with Crippen LogP contribution in [0.1, 0.15) is 77.9 Å². The highest BCUT2D eigenvalue weighted by molar-refractivity contribution is 5.81. The Kier molecular flexibility index (Phi) is 8.98. The molecule has 3 rings (SSSR count). The van der Waals surface area contributed by atoms with Crippen LogP contribution in [0.4, 0.5) is 10.2 Å². The largest absolute Gasteiger partial charge is 0.461 e. The summed E-state index contributed by atoms with van der Waals surface area (Å²) in [5.74, 6) is 1.58. The molecule has 11 heteroatoms. The van der Waals surface area contributed by atoms with Gasteiger partial charge in [-0.25, -0.2) is 4.98 Å². The summed E-state index contributed by atoms with van der Waals surface area (Å²) in [5, 5.41) is 0. The monoisotopic (exact) mass is 489 g/mol. The Hall–Kier alpha value is -3.26. The number of fused-ring (bicyclic) bond motifs is 1. The van der Waals surface area contributed by atoms with E-state index >= 15 is 0 Å². The van der Waals surface area contributed by atoms with Crippen LogP contribution in [0.25, 0.3) is 11.2 Å². The number of unbranched alkanes of at least 4 members (excludes halogenated alkanes) is 4. The number of nitrogen functional groups attached to an aromatic ring is 1. The fraction of sp³-hybridized carbons (Fsp3) is 0.625. The summed E-state index contributed by atoms with van der Waals surface area (Å²) >= 11 is 0. The molecule has 35 heavy (non-hydrogen) atoms. The van der Waals surface area contributed by atoms with Gasteiger partial charge in [-0.15, -0.1) is 6.42 Å². The van der Waals surface area contributed by atoms with Crippen LogP contribution in [0.5, 0.6) is 0 Å². The SMILES string of the molecule is C#C[C@]1(COC(=O)CCCC)O[C@@H](n2cnc3c(N)nc(F)nc32)C[C@@H]1OC(=O)CCCCCC. The second kappa shape index (κ2) is 11.9. The zero-order valence-electron chi connectivity index (χ0n) is 20.2. The van der Waals surface area contributed by atoms with Gasteiger partial charge >= 0.3 is 18.0 Å². The van der Waals surface area contributed by atoms with E-state index in [2.05, 4.69) is 27.8 Å². The third-order valence-electron chi connectivity index (χ3n) is 5.95. The van der Waals surface area contributed by atoms with Crippen LogP contribution in [0, 0.1) is 18.4 Å². The first-order valence-corrected chi connectivity index (χ1v) is 12.0. The molecule has 2 aromatic rings. The minimum atomic E-state index is -1.53. The van der Waals surface area contributed by atoms with Crippen molar-refractivity contribution in [3.8, 4) is 12.3 Å². The molecule has 2 aromatic heterocycles. The number of nitrogens with zero attached hydrogens (tertiary/aromatic N) is 4. The van der Waals surface area contributed by atoms with Crippen LogP contribution in [0.15, 0.2) is 6.33 Å². The first-order valence-electron chi connectivity index (χ1n) is 12.0. The standard InChI is InChI=1S/C24H32FN5O5/c1-4-7-9-10-12-19(32)34-16-13-17(30-15-27-20-21(26)28-23(25)29-22(20)30)35-24(16,6-3)14-33-18(31)11-8-5-2/h3,15-17H,4-5,7-14H2,1-2H3,(H2,26,28,29)/t16-,17+,24+/m0/s1. The molecule has 0 radical (unpaired) electrons. The van der Waals surface area contributed by atoms with Gasteiger partial charge in [0.15, 0.2) is 17.0 Å². The number of terminal acetylenes is 1. The molecule has 0 saturated carbocycles. The number of nitrogens with two attached hydrogens (primary N) is 1. The predicted molar refractivity (Wildman–Crippen MR) is 125 cm³/mol. The third-order valence-corrected chi connectivity index (χ3v) is 5.95. The normalized spacial score (nSPS) is 21.7. The van der Waals surface area contributed by atoms with Crippen LogP contribution < -0.4 is 5.73 Å². The number of imidazole rings is 1. The van der Waals surface area contributed by atoms with Gasteiger partial charge in [0.2, 0.25) is 5.60 Å². The van der Waals surface area contributed by atoms with Gasteiger partial charge in [-0.3, -0.25) is 14.2 Å². The van der Waals surface area contributed by atoms with E-state index in [1.54, 1.807) is 0 Å². The van der Waals surface area contributed by atoms with E-state index in [-0.39, 0.29) is 42.9 Å².